The van der Waals surface area contributed by atoms with Crippen molar-refractivity contribution in [3.05, 3.63) is 35.6 Å². The monoisotopic (exact) mass is 205 g/mol. The summed E-state index contributed by atoms with van der Waals surface area (Å²) in [5.74, 6) is -0.140. The summed E-state index contributed by atoms with van der Waals surface area (Å²) in [5, 5.41) is 12.7. The van der Waals surface area contributed by atoms with E-state index in [0.29, 0.717) is 12.1 Å². The van der Waals surface area contributed by atoms with Gasteiger partial charge in [0.2, 0.25) is 0 Å². The van der Waals surface area contributed by atoms with Gasteiger partial charge >= 0.3 is 5.97 Å². The van der Waals surface area contributed by atoms with Crippen LogP contribution in [0.15, 0.2) is 28.7 Å². The topological polar surface area (TPSA) is 62.5 Å². The highest BCUT2D eigenvalue weighted by Gasteiger charge is 2.07. The second kappa shape index (κ2) is 3.74. The number of fused-ring (bicyclic) bond motifs is 1. The molecule has 4 nitrogen and oxygen atoms in total. The molecule has 0 unspecified atom stereocenters. The molecule has 0 spiro atoms. The summed E-state index contributed by atoms with van der Waals surface area (Å²) in [4.78, 5) is 10.7. The van der Waals surface area contributed by atoms with E-state index < -0.39 is 5.97 Å². The number of carbonyl (C=O) groups is 1. The van der Waals surface area contributed by atoms with Crippen LogP contribution in [-0.2, 0) is 6.54 Å². The summed E-state index contributed by atoms with van der Waals surface area (Å²) in [6.07, 6.45) is 0. The summed E-state index contributed by atoms with van der Waals surface area (Å²) < 4.78 is 5.47. The molecule has 78 valence electrons. The normalized spacial score (nSPS) is 10.7. The molecular weight excluding hydrogens is 194 g/mol. The van der Waals surface area contributed by atoms with Crippen LogP contribution in [0.1, 0.15) is 16.1 Å². The van der Waals surface area contributed by atoms with Gasteiger partial charge in [0.15, 0.2) is 0 Å². The fourth-order valence-corrected chi connectivity index (χ4v) is 1.48. The number of rotatable bonds is 3. The Labute approximate surface area is 86.5 Å². The van der Waals surface area contributed by atoms with Gasteiger partial charge in [-0.15, -0.1) is 0 Å². The number of hydrogen-bond acceptors (Lipinski definition) is 3. The molecule has 0 aliphatic carbocycles. The molecular formula is C11H11NO3. The van der Waals surface area contributed by atoms with Gasteiger partial charge in [0.1, 0.15) is 11.3 Å². The lowest BCUT2D eigenvalue weighted by molar-refractivity contribution is 0.0697. The number of aromatic carboxylic acids is 1. The van der Waals surface area contributed by atoms with Crippen LogP contribution in [0.25, 0.3) is 11.0 Å². The van der Waals surface area contributed by atoms with Gasteiger partial charge in [-0.1, -0.05) is 6.07 Å². The molecule has 1 aromatic carbocycles. The zero-order valence-corrected chi connectivity index (χ0v) is 8.28. The Morgan fingerprint density at radius 2 is 2.27 bits per heavy atom. The molecule has 0 atom stereocenters. The quantitative estimate of drug-likeness (QED) is 0.802. The molecule has 1 aromatic heterocycles. The van der Waals surface area contributed by atoms with Crippen molar-refractivity contribution in [3.8, 4) is 0 Å². The molecule has 15 heavy (non-hydrogen) atoms. The van der Waals surface area contributed by atoms with E-state index in [-0.39, 0.29) is 5.56 Å². The van der Waals surface area contributed by atoms with Crippen LogP contribution in [0, 0.1) is 0 Å². The molecule has 2 rings (SSSR count). The van der Waals surface area contributed by atoms with Crippen molar-refractivity contribution in [1.29, 1.82) is 0 Å². The van der Waals surface area contributed by atoms with Crippen LogP contribution < -0.4 is 5.32 Å². The average Bonchev–Trinajstić information content (AvgIpc) is 2.59. The molecule has 0 fully saturated rings. The first-order chi connectivity index (χ1) is 7.20. The van der Waals surface area contributed by atoms with Gasteiger partial charge in [0.05, 0.1) is 12.1 Å². The average molecular weight is 205 g/mol. The molecule has 0 radical (unpaired) electrons. The van der Waals surface area contributed by atoms with Crippen LogP contribution in [0.5, 0.6) is 0 Å². The summed E-state index contributed by atoms with van der Waals surface area (Å²) in [5.41, 5.74) is 0.855. The van der Waals surface area contributed by atoms with E-state index in [1.807, 2.05) is 13.1 Å². The Bertz CT molecular complexity index is 502. The molecule has 0 aliphatic heterocycles. The van der Waals surface area contributed by atoms with Crippen molar-refractivity contribution in [2.75, 3.05) is 7.05 Å². The van der Waals surface area contributed by atoms with Crippen molar-refractivity contribution in [3.63, 3.8) is 0 Å². The van der Waals surface area contributed by atoms with Crippen molar-refractivity contribution < 1.29 is 14.3 Å². The van der Waals surface area contributed by atoms with Crippen LogP contribution in [-0.4, -0.2) is 18.1 Å². The highest BCUT2D eigenvalue weighted by atomic mass is 16.4. The first-order valence-corrected chi connectivity index (χ1v) is 4.61. The first kappa shape index (κ1) is 9.73. The number of furan rings is 1. The molecule has 0 saturated heterocycles. The van der Waals surface area contributed by atoms with Crippen LogP contribution in [0.3, 0.4) is 0 Å². The lowest BCUT2D eigenvalue weighted by Gasteiger charge is -1.93. The third-order valence-corrected chi connectivity index (χ3v) is 2.17. The second-order valence-corrected chi connectivity index (χ2v) is 3.30. The van der Waals surface area contributed by atoms with Gasteiger partial charge in [-0.2, -0.15) is 0 Å². The van der Waals surface area contributed by atoms with E-state index in [0.717, 1.165) is 11.1 Å². The van der Waals surface area contributed by atoms with E-state index in [4.69, 9.17) is 9.52 Å². The minimum absolute atomic E-state index is 0.243. The Morgan fingerprint density at radius 3 is 2.93 bits per heavy atom. The summed E-state index contributed by atoms with van der Waals surface area (Å²) in [7, 11) is 1.83. The summed E-state index contributed by atoms with van der Waals surface area (Å²) in [6.45, 7) is 0.636. The highest BCUT2D eigenvalue weighted by Crippen LogP contribution is 2.20. The van der Waals surface area contributed by atoms with Crippen LogP contribution in [0.4, 0.5) is 0 Å². The van der Waals surface area contributed by atoms with E-state index in [1.54, 1.807) is 12.1 Å². The van der Waals surface area contributed by atoms with Crippen LogP contribution in [0.2, 0.25) is 0 Å². The van der Waals surface area contributed by atoms with Crippen molar-refractivity contribution in [2.45, 2.75) is 6.54 Å². The zero-order chi connectivity index (χ0) is 10.8. The van der Waals surface area contributed by atoms with Gasteiger partial charge in [-0.05, 0) is 25.2 Å². The van der Waals surface area contributed by atoms with Gasteiger partial charge in [0, 0.05) is 5.39 Å². The maximum atomic E-state index is 10.7. The number of carboxylic acid groups (broad SMARTS) is 1. The van der Waals surface area contributed by atoms with E-state index in [1.165, 1.54) is 6.07 Å². The van der Waals surface area contributed by atoms with Crippen molar-refractivity contribution >= 4 is 16.9 Å². The standard InChI is InChI=1S/C11H11NO3/c1-12-6-9-4-7-2-3-8(11(13)14)5-10(7)15-9/h2-5,12H,6H2,1H3,(H,13,14). The minimum atomic E-state index is -0.941. The summed E-state index contributed by atoms with van der Waals surface area (Å²) >= 11 is 0. The maximum Gasteiger partial charge on any atom is 0.335 e. The second-order valence-electron chi connectivity index (χ2n) is 3.30. The maximum absolute atomic E-state index is 10.7. The number of carboxylic acids is 1. The third-order valence-electron chi connectivity index (χ3n) is 2.17. The minimum Gasteiger partial charge on any atom is -0.478 e. The van der Waals surface area contributed by atoms with E-state index >= 15 is 0 Å². The predicted molar refractivity (Wildman–Crippen MR) is 55.9 cm³/mol. The molecule has 4 heteroatoms. The Kier molecular flexibility index (Phi) is 2.43. The molecule has 0 amide bonds. The first-order valence-electron chi connectivity index (χ1n) is 4.61. The molecule has 0 bridgehead atoms. The van der Waals surface area contributed by atoms with Crippen molar-refractivity contribution in [1.82, 2.24) is 5.32 Å². The highest BCUT2D eigenvalue weighted by molar-refractivity contribution is 5.92. The third kappa shape index (κ3) is 1.85. The molecule has 2 N–H and O–H groups in total. The van der Waals surface area contributed by atoms with Gasteiger partial charge in [-0.3, -0.25) is 0 Å². The smallest absolute Gasteiger partial charge is 0.335 e. The molecule has 1 heterocycles. The molecule has 0 aliphatic rings. The lowest BCUT2D eigenvalue weighted by atomic mass is 10.2. The summed E-state index contributed by atoms with van der Waals surface area (Å²) in [6, 6.07) is 6.76. The van der Waals surface area contributed by atoms with Gasteiger partial charge in [0.25, 0.3) is 0 Å². The van der Waals surface area contributed by atoms with E-state index in [2.05, 4.69) is 5.32 Å². The number of nitrogens with one attached hydrogen (secondary N) is 1. The Hall–Kier alpha value is -1.81. The number of hydrogen-bond donors (Lipinski definition) is 2. The molecule has 0 saturated carbocycles. The number of benzene rings is 1. The lowest BCUT2D eigenvalue weighted by Crippen LogP contribution is -2.03. The zero-order valence-electron chi connectivity index (χ0n) is 8.28. The fraction of sp³-hybridized carbons (Fsp3) is 0.182. The van der Waals surface area contributed by atoms with Gasteiger partial charge < -0.3 is 14.8 Å². The van der Waals surface area contributed by atoms with Crippen LogP contribution >= 0.6 is 0 Å². The van der Waals surface area contributed by atoms with Crippen molar-refractivity contribution in [2.24, 2.45) is 0 Å². The largest absolute Gasteiger partial charge is 0.478 e. The molecule has 2 aromatic rings. The van der Waals surface area contributed by atoms with Gasteiger partial charge in [-0.25, -0.2) is 4.79 Å². The fourth-order valence-electron chi connectivity index (χ4n) is 1.48. The Balaban J connectivity index is 2.47. The Morgan fingerprint density at radius 1 is 1.47 bits per heavy atom. The van der Waals surface area contributed by atoms with E-state index in [9.17, 15) is 4.79 Å². The SMILES string of the molecule is CNCc1cc2ccc(C(=O)O)cc2o1. The predicted octanol–water partition coefficient (Wildman–Crippen LogP) is 1.85.